The third-order valence-electron chi connectivity index (χ3n) is 23.4. The molecule has 0 bridgehead atoms. The molecule has 10 saturated heterocycles. The molecule has 0 spiro atoms. The third kappa shape index (κ3) is 25.6. The Kier molecular flexibility index (Phi) is 40.4. The Morgan fingerprint density at radius 3 is 1.06 bits per heavy atom. The van der Waals surface area contributed by atoms with Crippen molar-refractivity contribution in [3.8, 4) is 0 Å². The fourth-order valence-electron chi connectivity index (χ4n) is 16.7. The van der Waals surface area contributed by atoms with Crippen molar-refractivity contribution < 1.29 is 270 Å². The largest absolute Gasteiger partial charge is 0.479 e. The number of hydrogen-bond donors (Lipinski definition) is 33. The minimum Gasteiger partial charge on any atom is -0.479 e. The van der Waals surface area contributed by atoms with E-state index < -0.39 is 423 Å². The van der Waals surface area contributed by atoms with E-state index in [0.29, 0.717) is 0 Å². The number of hydrogen-bond acceptors (Lipinski definition) is 54. The maximum atomic E-state index is 13.6. The molecular formula is C72H121N6O55P. The predicted octanol–water partition coefficient (Wildman–Crippen LogP) is -21.9. The Morgan fingerprint density at radius 1 is 0.284 bits per heavy atom. The lowest BCUT2D eigenvalue weighted by Crippen LogP contribution is -2.71. The number of ether oxygens (including phenoxy) is 19. The lowest BCUT2D eigenvalue weighted by Gasteiger charge is -2.52. The molecule has 10 rings (SSSR count). The van der Waals surface area contributed by atoms with E-state index in [4.69, 9.17) is 105 Å². The highest BCUT2D eigenvalue weighted by Gasteiger charge is 2.63. The minimum atomic E-state index is -5.40. The molecule has 62 heteroatoms. The number of aliphatic carboxylic acids is 1. The quantitative estimate of drug-likeness (QED) is 0.0255. The highest BCUT2D eigenvalue weighted by atomic mass is 31.2. The van der Waals surface area contributed by atoms with E-state index in [-0.39, 0.29) is 0 Å². The number of amides is 5. The van der Waals surface area contributed by atoms with Crippen LogP contribution in [0.1, 0.15) is 34.6 Å². The fourth-order valence-corrected chi connectivity index (χ4v) is 17.4. The second-order valence-corrected chi connectivity index (χ2v) is 34.4. The summed E-state index contributed by atoms with van der Waals surface area (Å²) in [6.45, 7) is -7.40. The average Bonchev–Trinajstić information content (AvgIpc) is 0.762. The Morgan fingerprint density at radius 2 is 0.597 bits per heavy atom. The van der Waals surface area contributed by atoms with Gasteiger partial charge in [0.05, 0.1) is 66.1 Å². The van der Waals surface area contributed by atoms with Gasteiger partial charge in [0, 0.05) is 41.2 Å². The molecule has 5 amide bonds. The highest BCUT2D eigenvalue weighted by molar-refractivity contribution is 7.47. The van der Waals surface area contributed by atoms with Crippen molar-refractivity contribution in [1.82, 2.24) is 26.6 Å². The van der Waals surface area contributed by atoms with Gasteiger partial charge in [-0.25, -0.2) is 9.36 Å². The molecule has 774 valence electrons. The summed E-state index contributed by atoms with van der Waals surface area (Å²) < 4.78 is 137. The first-order valence-corrected chi connectivity index (χ1v) is 43.5. The standard InChI is InChI=1S/C72H121N6O55P/c1-17(86)74-31-43(98)53(27(13-84)116-63(31)110)125-65-33(76-19(3)88)44(99)54(28(14-85)122-65)127-70-52(107)58(41(96)29(123-70)15-113-71-60(47(102)37(92)23(9-80)120-71)132-64-32(75-18(2)87)42(97)36(91)22(8-79)117-64)130-72-61(48(103)38(93)24(10-81)121-72)133-66-34(77-20(4)89)45(100)55(30(124-66)16-115-134(111,112)114-7-6-73)126-67-35(78-21(5)90)56(39(94)25(11-82)118-67)128-69-51(106)57(40(95)26(12-83)119-69)129-68-50(105)46(101)49(104)59(131-68)62(108)109/h22-61,63-72,79-85,91-107,110H,6-16,73H2,1-5H3,(H,74,86)(H,75,87)(H,76,88)(H,77,89)(H,78,90)(H,108,109)(H,111,112)/t22-,23-,24-,25-,26-,27-,28-,29-,30-,31-,32-,33-,34-,35-,36-,37-,38-,39+,40+,41-,42-,43-,44-,45-,46+,47+,48+,49+,50-,51-,52+,53-,54-,55-,56-,57+,58+,59+,60+,61+,63-,64+,65+,66+,67+,68-,69+,70+,71+,72-/m1/s1. The second kappa shape index (κ2) is 48.7. The number of aliphatic hydroxyl groups is 25. The van der Waals surface area contributed by atoms with Gasteiger partial charge in [0.15, 0.2) is 69.0 Å². The van der Waals surface area contributed by atoms with Gasteiger partial charge < -0.3 is 260 Å². The van der Waals surface area contributed by atoms with Crippen LogP contribution in [0.2, 0.25) is 0 Å². The molecule has 51 atom stereocenters. The van der Waals surface area contributed by atoms with Gasteiger partial charge in [-0.05, 0) is 0 Å². The van der Waals surface area contributed by atoms with Crippen LogP contribution < -0.4 is 32.3 Å². The number of carboxylic acids is 1. The van der Waals surface area contributed by atoms with Crippen LogP contribution in [0.25, 0.3) is 0 Å². The first-order chi connectivity index (χ1) is 63.2. The van der Waals surface area contributed by atoms with Crippen molar-refractivity contribution in [3.05, 3.63) is 0 Å². The molecule has 34 N–H and O–H groups in total. The second-order valence-electron chi connectivity index (χ2n) is 32.9. The van der Waals surface area contributed by atoms with Gasteiger partial charge in [0.25, 0.3) is 0 Å². The van der Waals surface area contributed by atoms with Crippen molar-refractivity contribution in [2.75, 3.05) is 72.6 Å². The first kappa shape index (κ1) is 111. The molecule has 0 aromatic heterocycles. The summed E-state index contributed by atoms with van der Waals surface area (Å²) in [7, 11) is -5.40. The van der Waals surface area contributed by atoms with Crippen LogP contribution >= 0.6 is 7.82 Å². The number of phosphoric ester groups is 1. The number of phosphoric acid groups is 1. The fraction of sp³-hybridized carbons (Fsp3) is 0.917. The predicted molar refractivity (Wildman–Crippen MR) is 412 cm³/mol. The van der Waals surface area contributed by atoms with Crippen LogP contribution in [0.4, 0.5) is 0 Å². The molecule has 61 nitrogen and oxygen atoms in total. The number of carboxylic acid groups (broad SMARTS) is 1. The molecule has 10 fully saturated rings. The van der Waals surface area contributed by atoms with E-state index in [9.17, 15) is 171 Å². The van der Waals surface area contributed by atoms with Crippen LogP contribution in [-0.4, -0.2) is 553 Å². The molecule has 0 aliphatic carbocycles. The topological polar surface area (TPSA) is 946 Å². The van der Waals surface area contributed by atoms with Crippen molar-refractivity contribution in [2.24, 2.45) is 5.73 Å². The van der Waals surface area contributed by atoms with Crippen molar-refractivity contribution >= 4 is 43.3 Å². The normalized spacial score (nSPS) is 46.7. The van der Waals surface area contributed by atoms with Crippen molar-refractivity contribution in [3.63, 3.8) is 0 Å². The molecular weight excluding hydrogens is 1860 g/mol. The van der Waals surface area contributed by atoms with Crippen molar-refractivity contribution in [2.45, 2.75) is 341 Å². The van der Waals surface area contributed by atoms with E-state index >= 15 is 0 Å². The summed E-state index contributed by atoms with van der Waals surface area (Å²) >= 11 is 0. The zero-order valence-corrected chi connectivity index (χ0v) is 72.6. The maximum Gasteiger partial charge on any atom is 0.472 e. The van der Waals surface area contributed by atoms with Gasteiger partial charge in [0.1, 0.15) is 238 Å². The zero-order valence-electron chi connectivity index (χ0n) is 71.7. The molecule has 0 saturated carbocycles. The van der Waals surface area contributed by atoms with E-state index in [2.05, 4.69) is 26.6 Å². The molecule has 1 unspecified atom stereocenters. The van der Waals surface area contributed by atoms with Gasteiger partial charge in [-0.3, -0.25) is 33.0 Å². The lowest BCUT2D eigenvalue weighted by atomic mass is 9.93. The molecule has 0 aromatic carbocycles. The summed E-state index contributed by atoms with van der Waals surface area (Å²) in [6.07, 6.45) is -101. The van der Waals surface area contributed by atoms with Crippen LogP contribution in [0.15, 0.2) is 0 Å². The Balaban J connectivity index is 1.01. The summed E-state index contributed by atoms with van der Waals surface area (Å²) in [5, 5.41) is 305. The number of aliphatic hydroxyl groups excluding tert-OH is 25. The summed E-state index contributed by atoms with van der Waals surface area (Å²) in [4.78, 5) is 87.8. The average molecular weight is 1980 g/mol. The number of nitrogens with two attached hydrogens (primary N) is 1. The molecule has 10 heterocycles. The number of carbonyl (C=O) groups excluding carboxylic acids is 5. The number of carbonyl (C=O) groups is 6. The molecule has 0 radical (unpaired) electrons. The summed E-state index contributed by atoms with van der Waals surface area (Å²) in [5.41, 5.74) is 5.54. The molecule has 10 aliphatic rings. The number of nitrogens with one attached hydrogen (secondary N) is 5. The summed E-state index contributed by atoms with van der Waals surface area (Å²) in [6, 6.07) is -9.84. The Hall–Kier alpha value is -4.87. The monoisotopic (exact) mass is 1980 g/mol. The SMILES string of the molecule is CC(=O)N[C@@H]1[C@@H](O)[C@H](O[C@@H]2O[C@H](CO)[C@@H](O[C@@H]3O[C@H](CO[C@H]4O[C@H](CO)[C@@H](O)[C@H](O)[C@@H]4O[C@@H]4O[C@H](CO)[C@@H](O)[C@H](O)[C@H]4NC(C)=O)[C@@H](O)[C@H](O[C@H]4O[C@H](CO)[C@@H](O)[C@H](O)[C@@H]4O[C@@H]4O[C@H](COP(=O)(O)OCCN)[C@@H](O[C@@H]5O[C@H](CO)[C@H](O)[C@H](O[C@@H]6O[C@H](CO)[C@H](O)[C@H](O[C@@H]7O[C@H](C(=O)O)[C@@H](O)[C@H](O)[C@H]7O)[C@H]6O)[C@H]5NC(C)=O)[C@H](O)[C@H]4NC(C)=O)[C@@H]3O)[C@H](O)[C@H]2NC(C)=O)[C@@H](CO)O[C@H]1O. The highest BCUT2D eigenvalue weighted by Crippen LogP contribution is 2.46. The Bertz CT molecular complexity index is 3800. The van der Waals surface area contributed by atoms with Gasteiger partial charge in [-0.1, -0.05) is 0 Å². The third-order valence-corrected chi connectivity index (χ3v) is 24.4. The van der Waals surface area contributed by atoms with E-state index in [1.807, 2.05) is 0 Å². The Labute approximate surface area is 757 Å². The van der Waals surface area contributed by atoms with Crippen LogP contribution in [-0.2, 0) is 132 Å². The minimum absolute atomic E-state index is 0.435. The molecule has 134 heavy (non-hydrogen) atoms. The van der Waals surface area contributed by atoms with Gasteiger partial charge in [-0.15, -0.1) is 0 Å². The molecule has 0 aromatic rings. The lowest BCUT2D eigenvalue weighted by molar-refractivity contribution is -0.398. The van der Waals surface area contributed by atoms with E-state index in [1.165, 1.54) is 0 Å². The first-order valence-electron chi connectivity index (χ1n) is 42.0. The van der Waals surface area contributed by atoms with Gasteiger partial charge in [0.2, 0.25) is 29.5 Å². The van der Waals surface area contributed by atoms with Crippen LogP contribution in [0.3, 0.4) is 0 Å². The summed E-state index contributed by atoms with van der Waals surface area (Å²) in [5.74, 6) is -6.79. The van der Waals surface area contributed by atoms with Crippen molar-refractivity contribution in [1.29, 1.82) is 0 Å². The van der Waals surface area contributed by atoms with E-state index in [0.717, 1.165) is 34.6 Å². The van der Waals surface area contributed by atoms with E-state index in [1.54, 1.807) is 0 Å². The smallest absolute Gasteiger partial charge is 0.472 e. The van der Waals surface area contributed by atoms with Gasteiger partial charge >= 0.3 is 13.8 Å². The van der Waals surface area contributed by atoms with Crippen LogP contribution in [0, 0.1) is 0 Å². The number of rotatable bonds is 38. The molecule has 10 aliphatic heterocycles. The maximum absolute atomic E-state index is 13.6. The zero-order chi connectivity index (χ0) is 99.0. The van der Waals surface area contributed by atoms with Crippen LogP contribution in [0.5, 0.6) is 0 Å². The van der Waals surface area contributed by atoms with Gasteiger partial charge in [-0.2, -0.15) is 0 Å².